The lowest BCUT2D eigenvalue weighted by Crippen LogP contribution is -2.42. The predicted molar refractivity (Wildman–Crippen MR) is 74.8 cm³/mol. The second-order valence-electron chi connectivity index (χ2n) is 6.46. The van der Waals surface area contributed by atoms with Gasteiger partial charge in [-0.3, -0.25) is 4.79 Å². The number of hydrogen-bond acceptors (Lipinski definition) is 2. The summed E-state index contributed by atoms with van der Waals surface area (Å²) in [6, 6.07) is 7.61. The van der Waals surface area contributed by atoms with E-state index in [1.165, 1.54) is 24.8 Å². The monoisotopic (exact) mass is 245 g/mol. The van der Waals surface area contributed by atoms with Crippen molar-refractivity contribution in [1.82, 2.24) is 0 Å². The van der Waals surface area contributed by atoms with E-state index in [1.807, 2.05) is 32.9 Å². The van der Waals surface area contributed by atoms with Crippen LogP contribution in [0.4, 0.5) is 0 Å². The molecule has 0 heterocycles. The van der Waals surface area contributed by atoms with E-state index in [9.17, 15) is 4.79 Å². The first-order chi connectivity index (χ1) is 8.39. The summed E-state index contributed by atoms with van der Waals surface area (Å²) in [5.74, 6) is 0.758. The van der Waals surface area contributed by atoms with E-state index in [0.717, 1.165) is 5.56 Å². The lowest BCUT2D eigenvalue weighted by Gasteiger charge is -2.27. The fraction of sp³-hybridized carbons (Fsp3) is 0.562. The highest BCUT2D eigenvalue weighted by Crippen LogP contribution is 2.36. The summed E-state index contributed by atoms with van der Waals surface area (Å²) in [4.78, 5) is 12.2. The third-order valence-corrected chi connectivity index (χ3v) is 3.99. The summed E-state index contributed by atoms with van der Waals surface area (Å²) in [5, 5.41) is 0. The third-order valence-electron chi connectivity index (χ3n) is 3.99. The number of ketones is 1. The molecule has 1 aliphatic rings. The second kappa shape index (κ2) is 4.85. The molecule has 1 unspecified atom stereocenters. The Labute approximate surface area is 110 Å². The minimum Gasteiger partial charge on any atom is -0.321 e. The number of carbonyl (C=O) groups excluding carboxylic acids is 1. The van der Waals surface area contributed by atoms with Gasteiger partial charge in [0.1, 0.15) is 0 Å². The Hall–Kier alpha value is -1.15. The average molecular weight is 245 g/mol. The highest BCUT2D eigenvalue weighted by Gasteiger charge is 2.28. The molecule has 2 nitrogen and oxygen atoms in total. The maximum Gasteiger partial charge on any atom is 0.180 e. The van der Waals surface area contributed by atoms with Crippen molar-refractivity contribution in [2.75, 3.05) is 0 Å². The Morgan fingerprint density at radius 1 is 1.22 bits per heavy atom. The molecule has 1 saturated carbocycles. The van der Waals surface area contributed by atoms with E-state index in [2.05, 4.69) is 12.1 Å². The zero-order valence-corrected chi connectivity index (χ0v) is 11.6. The normalized spacial score (nSPS) is 18.2. The van der Waals surface area contributed by atoms with Crippen LogP contribution in [-0.4, -0.2) is 11.8 Å². The average Bonchev–Trinajstić information content (AvgIpc) is 2.24. The number of nitrogens with two attached hydrogens (primary N) is 1. The van der Waals surface area contributed by atoms with Crippen LogP contribution >= 0.6 is 0 Å². The molecule has 2 rings (SSSR count). The Morgan fingerprint density at radius 3 is 2.17 bits per heavy atom. The van der Waals surface area contributed by atoms with Crippen molar-refractivity contribution in [1.29, 1.82) is 0 Å². The Balaban J connectivity index is 2.11. The van der Waals surface area contributed by atoms with Gasteiger partial charge in [-0.25, -0.2) is 0 Å². The quantitative estimate of drug-likeness (QED) is 0.828. The molecule has 18 heavy (non-hydrogen) atoms. The zero-order valence-electron chi connectivity index (χ0n) is 11.6. The van der Waals surface area contributed by atoms with E-state index in [4.69, 9.17) is 5.73 Å². The molecule has 1 aromatic rings. The molecule has 0 spiro atoms. The van der Waals surface area contributed by atoms with Crippen molar-refractivity contribution < 1.29 is 4.79 Å². The van der Waals surface area contributed by atoms with Crippen molar-refractivity contribution in [3.8, 4) is 0 Å². The van der Waals surface area contributed by atoms with Gasteiger partial charge in [-0.1, -0.05) is 51.5 Å². The molecule has 2 heteroatoms. The molecule has 0 aliphatic heterocycles. The lowest BCUT2D eigenvalue weighted by molar-refractivity contribution is 0.0901. The summed E-state index contributed by atoms with van der Waals surface area (Å²) < 4.78 is 0. The SMILES string of the molecule is CC(C)(C)C(N)C(=O)c1ccc(C2CCC2)cc1. The molecule has 0 amide bonds. The van der Waals surface area contributed by atoms with E-state index in [-0.39, 0.29) is 11.2 Å². The predicted octanol–water partition coefficient (Wildman–Crippen LogP) is 3.51. The van der Waals surface area contributed by atoms with Crippen LogP contribution in [0, 0.1) is 5.41 Å². The molecule has 0 bridgehead atoms. The van der Waals surface area contributed by atoms with Gasteiger partial charge in [0.25, 0.3) is 0 Å². The Kier molecular flexibility index (Phi) is 3.58. The van der Waals surface area contributed by atoms with E-state index in [0.29, 0.717) is 5.92 Å². The highest BCUT2D eigenvalue weighted by atomic mass is 16.1. The number of hydrogen-bond donors (Lipinski definition) is 1. The maximum absolute atomic E-state index is 12.2. The van der Waals surface area contributed by atoms with Crippen LogP contribution in [0.3, 0.4) is 0 Å². The maximum atomic E-state index is 12.2. The van der Waals surface area contributed by atoms with E-state index < -0.39 is 6.04 Å². The summed E-state index contributed by atoms with van der Waals surface area (Å²) in [5.41, 5.74) is 7.92. The largest absolute Gasteiger partial charge is 0.321 e. The third kappa shape index (κ3) is 2.64. The molecule has 1 fully saturated rings. The fourth-order valence-corrected chi connectivity index (χ4v) is 2.23. The van der Waals surface area contributed by atoms with Crippen LogP contribution in [-0.2, 0) is 0 Å². The number of Topliss-reactive ketones (excluding diaryl/α,β-unsaturated/α-hetero) is 1. The molecule has 1 aromatic carbocycles. The molecule has 0 radical (unpaired) electrons. The molecule has 1 aliphatic carbocycles. The van der Waals surface area contributed by atoms with Gasteiger partial charge in [-0.15, -0.1) is 0 Å². The van der Waals surface area contributed by atoms with Gasteiger partial charge in [0.15, 0.2) is 5.78 Å². The van der Waals surface area contributed by atoms with Crippen molar-refractivity contribution in [3.05, 3.63) is 35.4 Å². The van der Waals surface area contributed by atoms with Gasteiger partial charge in [-0.05, 0) is 29.7 Å². The smallest absolute Gasteiger partial charge is 0.180 e. The Morgan fingerprint density at radius 2 is 1.78 bits per heavy atom. The van der Waals surface area contributed by atoms with Crippen molar-refractivity contribution >= 4 is 5.78 Å². The first-order valence-electron chi connectivity index (χ1n) is 6.79. The minimum absolute atomic E-state index is 0.0441. The molecule has 98 valence electrons. The van der Waals surface area contributed by atoms with Crippen molar-refractivity contribution in [3.63, 3.8) is 0 Å². The first kappa shape index (κ1) is 13.3. The molecule has 0 saturated heterocycles. The van der Waals surface area contributed by atoms with Crippen molar-refractivity contribution in [2.24, 2.45) is 11.1 Å². The van der Waals surface area contributed by atoms with Gasteiger partial charge < -0.3 is 5.73 Å². The van der Waals surface area contributed by atoms with Gasteiger partial charge in [0, 0.05) is 5.56 Å². The van der Waals surface area contributed by atoms with Crippen LogP contribution in [0.5, 0.6) is 0 Å². The summed E-state index contributed by atoms with van der Waals surface area (Å²) in [6.07, 6.45) is 3.91. The van der Waals surface area contributed by atoms with Gasteiger partial charge in [0.05, 0.1) is 6.04 Å². The topological polar surface area (TPSA) is 43.1 Å². The van der Waals surface area contributed by atoms with Gasteiger partial charge in [-0.2, -0.15) is 0 Å². The number of benzene rings is 1. The molecule has 1 atom stereocenters. The zero-order chi connectivity index (χ0) is 13.3. The molecule has 2 N–H and O–H groups in total. The summed E-state index contributed by atoms with van der Waals surface area (Å²) >= 11 is 0. The van der Waals surface area contributed by atoms with E-state index in [1.54, 1.807) is 0 Å². The number of carbonyl (C=O) groups is 1. The van der Waals surface area contributed by atoms with Crippen LogP contribution in [0.25, 0.3) is 0 Å². The highest BCUT2D eigenvalue weighted by molar-refractivity contribution is 6.00. The molecular weight excluding hydrogens is 222 g/mol. The second-order valence-corrected chi connectivity index (χ2v) is 6.46. The Bertz CT molecular complexity index is 423. The van der Waals surface area contributed by atoms with Crippen LogP contribution in [0.2, 0.25) is 0 Å². The summed E-state index contributed by atoms with van der Waals surface area (Å²) in [7, 11) is 0. The minimum atomic E-state index is -0.438. The first-order valence-corrected chi connectivity index (χ1v) is 6.79. The van der Waals surface area contributed by atoms with Crippen LogP contribution in [0.1, 0.15) is 61.9 Å². The molecule has 0 aromatic heterocycles. The van der Waals surface area contributed by atoms with Crippen LogP contribution < -0.4 is 5.73 Å². The van der Waals surface area contributed by atoms with E-state index >= 15 is 0 Å². The summed E-state index contributed by atoms with van der Waals surface area (Å²) in [6.45, 7) is 5.99. The van der Waals surface area contributed by atoms with Crippen LogP contribution in [0.15, 0.2) is 24.3 Å². The standard InChI is InChI=1S/C16H23NO/c1-16(2,3)15(17)14(18)13-9-7-12(8-10-13)11-5-4-6-11/h7-11,15H,4-6,17H2,1-3H3. The lowest BCUT2D eigenvalue weighted by atomic mass is 9.79. The van der Waals surface area contributed by atoms with Gasteiger partial charge in [0.2, 0.25) is 0 Å². The number of rotatable bonds is 3. The fourth-order valence-electron chi connectivity index (χ4n) is 2.23. The molecular formula is C16H23NO. The van der Waals surface area contributed by atoms with Gasteiger partial charge >= 0.3 is 0 Å². The van der Waals surface area contributed by atoms with Crippen molar-refractivity contribution in [2.45, 2.75) is 52.0 Å².